The van der Waals surface area contributed by atoms with E-state index < -0.39 is 11.7 Å². The van der Waals surface area contributed by atoms with Crippen LogP contribution in [0.25, 0.3) is 0 Å². The summed E-state index contributed by atoms with van der Waals surface area (Å²) < 4.78 is 11.5. The molecule has 6 nitrogen and oxygen atoms in total. The van der Waals surface area contributed by atoms with Crippen molar-refractivity contribution in [2.45, 2.75) is 90.4 Å². The quantitative estimate of drug-likeness (QED) is 0.236. The number of aliphatic hydroxyl groups is 1. The zero-order valence-electron chi connectivity index (χ0n) is 19.0. The summed E-state index contributed by atoms with van der Waals surface area (Å²) >= 11 is 0. The molecule has 0 aromatic carbocycles. The average Bonchev–Trinajstić information content (AvgIpc) is 2.94. The lowest BCUT2D eigenvalue weighted by atomic mass is 9.46. The Labute approximate surface area is 179 Å². The Morgan fingerprint density at radius 1 is 1.20 bits per heavy atom. The van der Waals surface area contributed by atoms with E-state index in [2.05, 4.69) is 25.1 Å². The Morgan fingerprint density at radius 2 is 1.93 bits per heavy atom. The first-order valence-electron chi connectivity index (χ1n) is 11.4. The number of hydrogen-bond acceptors (Lipinski definition) is 6. The number of hydrogen-bond donors (Lipinski definition) is 2. The van der Waals surface area contributed by atoms with Crippen molar-refractivity contribution in [1.29, 1.82) is 0 Å². The standard InChI is InChI=1S/C24H37NO5/c1-14(25-28)24(29-5)21(27)13-20-18-7-6-16-12-17(30-15(2)26)8-10-22(16,3)19(18)9-11-23(20,24)4/h6,17-21,27-28H,7-13H2,1-5H3/b25-14-/t17-,18-,19+,20+,21-,22+,23+,24+/m1/s1. The third-order valence-corrected chi connectivity index (χ3v) is 9.59. The molecule has 168 valence electrons. The number of esters is 1. The van der Waals surface area contributed by atoms with Crippen LogP contribution >= 0.6 is 0 Å². The number of carbonyl (C=O) groups is 1. The van der Waals surface area contributed by atoms with Gasteiger partial charge in [-0.25, -0.2) is 0 Å². The number of rotatable bonds is 3. The van der Waals surface area contributed by atoms with E-state index in [1.165, 1.54) is 12.5 Å². The van der Waals surface area contributed by atoms with Gasteiger partial charge in [0.05, 0.1) is 11.8 Å². The molecule has 30 heavy (non-hydrogen) atoms. The Bertz CT molecular complexity index is 778. The van der Waals surface area contributed by atoms with Crippen LogP contribution in [0.15, 0.2) is 16.8 Å². The highest BCUT2D eigenvalue weighted by Gasteiger charge is 2.69. The van der Waals surface area contributed by atoms with Gasteiger partial charge in [0.1, 0.15) is 11.7 Å². The van der Waals surface area contributed by atoms with Crippen molar-refractivity contribution in [1.82, 2.24) is 0 Å². The van der Waals surface area contributed by atoms with Crippen molar-refractivity contribution in [3.63, 3.8) is 0 Å². The first-order valence-corrected chi connectivity index (χ1v) is 11.4. The van der Waals surface area contributed by atoms with Gasteiger partial charge < -0.3 is 19.8 Å². The molecule has 0 saturated heterocycles. The Balaban J connectivity index is 1.66. The number of nitrogens with zero attached hydrogens (tertiary/aromatic N) is 1. The summed E-state index contributed by atoms with van der Waals surface area (Å²) in [5, 5.41) is 24.2. The average molecular weight is 420 g/mol. The Morgan fingerprint density at radius 3 is 2.57 bits per heavy atom. The van der Waals surface area contributed by atoms with Crippen LogP contribution in [0.1, 0.15) is 72.6 Å². The van der Waals surface area contributed by atoms with Crippen molar-refractivity contribution in [3.8, 4) is 0 Å². The van der Waals surface area contributed by atoms with E-state index in [1.54, 1.807) is 14.0 Å². The van der Waals surface area contributed by atoms with Crippen LogP contribution in [0.4, 0.5) is 0 Å². The van der Waals surface area contributed by atoms with Crippen LogP contribution in [0.3, 0.4) is 0 Å². The number of ether oxygens (including phenoxy) is 2. The molecule has 0 aromatic rings. The summed E-state index contributed by atoms with van der Waals surface area (Å²) in [4.78, 5) is 11.4. The lowest BCUT2D eigenvalue weighted by Gasteiger charge is -2.59. The van der Waals surface area contributed by atoms with Gasteiger partial charge in [-0.3, -0.25) is 4.79 Å². The minimum absolute atomic E-state index is 0.00471. The van der Waals surface area contributed by atoms with E-state index >= 15 is 0 Å². The van der Waals surface area contributed by atoms with Crippen LogP contribution in [0, 0.1) is 28.6 Å². The van der Waals surface area contributed by atoms with Gasteiger partial charge in [0.25, 0.3) is 0 Å². The maximum atomic E-state index is 11.4. The number of carbonyl (C=O) groups excluding carboxylic acids is 1. The predicted molar refractivity (Wildman–Crippen MR) is 113 cm³/mol. The number of fused-ring (bicyclic) bond motifs is 5. The first-order chi connectivity index (χ1) is 14.1. The third kappa shape index (κ3) is 2.75. The fourth-order valence-corrected chi connectivity index (χ4v) is 8.21. The summed E-state index contributed by atoms with van der Waals surface area (Å²) in [6.07, 6.45) is 8.20. The molecule has 0 spiro atoms. The third-order valence-electron chi connectivity index (χ3n) is 9.59. The van der Waals surface area contributed by atoms with E-state index in [1.807, 2.05) is 0 Å². The molecule has 4 aliphatic rings. The zero-order chi connectivity index (χ0) is 21.9. The van der Waals surface area contributed by atoms with Gasteiger partial charge in [-0.15, -0.1) is 0 Å². The molecule has 3 fully saturated rings. The molecule has 8 atom stereocenters. The summed E-state index contributed by atoms with van der Waals surface area (Å²) in [5.41, 5.74) is 0.852. The molecule has 0 amide bonds. The van der Waals surface area contributed by atoms with Crippen molar-refractivity contribution in [2.75, 3.05) is 7.11 Å². The normalized spacial score (nSPS) is 48.3. The lowest BCUT2D eigenvalue weighted by Crippen LogP contribution is -2.60. The van der Waals surface area contributed by atoms with E-state index in [0.717, 1.165) is 38.5 Å². The molecule has 4 rings (SSSR count). The predicted octanol–water partition coefficient (Wildman–Crippen LogP) is 4.09. The molecule has 0 heterocycles. The van der Waals surface area contributed by atoms with Crippen LogP contribution in [-0.4, -0.2) is 46.9 Å². The fraction of sp³-hybridized carbons (Fsp3) is 0.833. The summed E-state index contributed by atoms with van der Waals surface area (Å²) in [5.74, 6) is 1.15. The molecule has 0 aliphatic heterocycles. The van der Waals surface area contributed by atoms with Gasteiger partial charge in [0.15, 0.2) is 0 Å². The smallest absolute Gasteiger partial charge is 0.302 e. The van der Waals surface area contributed by atoms with Crippen molar-refractivity contribution < 1.29 is 24.6 Å². The van der Waals surface area contributed by atoms with Crippen molar-refractivity contribution in [2.24, 2.45) is 33.7 Å². The molecular formula is C24H37NO5. The summed E-state index contributed by atoms with van der Waals surface area (Å²) in [6.45, 7) is 7.88. The molecule has 3 saturated carbocycles. The monoisotopic (exact) mass is 419 g/mol. The van der Waals surface area contributed by atoms with Gasteiger partial charge in [0, 0.05) is 25.9 Å². The number of oxime groups is 1. The van der Waals surface area contributed by atoms with Gasteiger partial charge in [0.2, 0.25) is 0 Å². The Kier molecular flexibility index (Phi) is 5.33. The minimum Gasteiger partial charge on any atom is -0.462 e. The zero-order valence-corrected chi connectivity index (χ0v) is 19.0. The summed E-state index contributed by atoms with van der Waals surface area (Å²) in [6, 6.07) is 0. The minimum atomic E-state index is -0.935. The second kappa shape index (κ2) is 7.33. The van der Waals surface area contributed by atoms with Crippen molar-refractivity contribution >= 4 is 11.7 Å². The number of allylic oxidation sites excluding steroid dienone is 1. The molecular weight excluding hydrogens is 382 g/mol. The maximum Gasteiger partial charge on any atom is 0.302 e. The summed E-state index contributed by atoms with van der Waals surface area (Å²) in [7, 11) is 1.63. The highest BCUT2D eigenvalue weighted by Crippen LogP contribution is 2.68. The van der Waals surface area contributed by atoms with Crippen molar-refractivity contribution in [3.05, 3.63) is 11.6 Å². The fourth-order valence-electron chi connectivity index (χ4n) is 8.21. The van der Waals surface area contributed by atoms with Gasteiger partial charge in [-0.1, -0.05) is 30.7 Å². The van der Waals surface area contributed by atoms with Crippen LogP contribution in [0.2, 0.25) is 0 Å². The van der Waals surface area contributed by atoms with Gasteiger partial charge >= 0.3 is 5.97 Å². The van der Waals surface area contributed by atoms with E-state index in [4.69, 9.17) is 9.47 Å². The first kappa shape index (κ1) is 21.8. The highest BCUT2D eigenvalue weighted by atomic mass is 16.5. The van der Waals surface area contributed by atoms with Crippen LogP contribution in [0.5, 0.6) is 0 Å². The van der Waals surface area contributed by atoms with Gasteiger partial charge in [-0.2, -0.15) is 0 Å². The molecule has 0 bridgehead atoms. The van der Waals surface area contributed by atoms with Crippen LogP contribution < -0.4 is 0 Å². The molecule has 6 heteroatoms. The highest BCUT2D eigenvalue weighted by molar-refractivity contribution is 5.92. The van der Waals surface area contributed by atoms with Gasteiger partial charge in [-0.05, 0) is 68.6 Å². The molecule has 0 radical (unpaired) electrons. The van der Waals surface area contributed by atoms with E-state index in [9.17, 15) is 15.1 Å². The second-order valence-electron chi connectivity index (χ2n) is 10.6. The largest absolute Gasteiger partial charge is 0.462 e. The molecule has 2 N–H and O–H groups in total. The topological polar surface area (TPSA) is 88.3 Å². The molecule has 4 aliphatic carbocycles. The number of methoxy groups -OCH3 is 1. The molecule has 0 aromatic heterocycles. The lowest BCUT2D eigenvalue weighted by molar-refractivity contribution is -0.149. The maximum absolute atomic E-state index is 11.4. The SMILES string of the molecule is CO[C@@]1(/C(C)=N\O)[C@H](O)C[C@H]2[C@@H]3CC=C4C[C@H](OC(C)=O)CC[C@]4(C)[C@H]3CC[C@@]21C. The Hall–Kier alpha value is -1.40. The van der Waals surface area contributed by atoms with E-state index in [0.29, 0.717) is 29.9 Å². The van der Waals surface area contributed by atoms with E-state index in [-0.39, 0.29) is 22.9 Å². The van der Waals surface area contributed by atoms with Crippen LogP contribution in [-0.2, 0) is 14.3 Å². The molecule has 0 unspecified atom stereocenters. The number of aliphatic hydroxyl groups excluding tert-OH is 1. The second-order valence-corrected chi connectivity index (χ2v) is 10.6.